The number of carbonyl (C=O) groups is 1. The van der Waals surface area contributed by atoms with Gasteiger partial charge in [0, 0.05) is 22.9 Å². The Morgan fingerprint density at radius 1 is 1.17 bits per heavy atom. The predicted molar refractivity (Wildman–Crippen MR) is 126 cm³/mol. The van der Waals surface area contributed by atoms with E-state index in [0.717, 1.165) is 22.4 Å². The molecule has 0 fully saturated rings. The van der Waals surface area contributed by atoms with Gasteiger partial charge in [0.25, 0.3) is 5.91 Å². The van der Waals surface area contributed by atoms with Gasteiger partial charge < -0.3 is 5.11 Å². The highest BCUT2D eigenvalue weighted by atomic mass is 32.1. The van der Waals surface area contributed by atoms with Gasteiger partial charge >= 0.3 is 0 Å². The Hall–Kier alpha value is -3.03. The molecule has 0 saturated carbocycles. The fourth-order valence-corrected chi connectivity index (χ4v) is 4.34. The first-order valence-corrected chi connectivity index (χ1v) is 10.7. The number of aromatic nitrogens is 1. The molecule has 0 spiro atoms. The average molecular weight is 436 g/mol. The maximum absolute atomic E-state index is 12.7. The van der Waals surface area contributed by atoms with Crippen LogP contribution in [0.5, 0.6) is 5.88 Å². The van der Waals surface area contributed by atoms with Crippen molar-refractivity contribution in [1.29, 1.82) is 0 Å². The number of para-hydroxylation sites is 1. The van der Waals surface area contributed by atoms with Crippen molar-refractivity contribution < 1.29 is 9.90 Å². The van der Waals surface area contributed by atoms with E-state index in [0.29, 0.717) is 14.4 Å². The number of aliphatic imine (C=N–C) groups is 1. The van der Waals surface area contributed by atoms with Gasteiger partial charge in [-0.15, -0.1) is 0 Å². The summed E-state index contributed by atoms with van der Waals surface area (Å²) in [5, 5.41) is 10.7. The molecule has 0 bridgehead atoms. The SMILES string of the molecule is CC(C)(C)c1ccc(C(=O)Nn2c(O)c(C=C3C=Nc4ccccc43)sc2=S)cc1. The number of nitrogens with zero attached hydrogens (tertiary/aromatic N) is 2. The molecule has 0 radical (unpaired) electrons. The van der Waals surface area contributed by atoms with Gasteiger partial charge in [-0.2, -0.15) is 4.68 Å². The number of amides is 1. The van der Waals surface area contributed by atoms with Gasteiger partial charge in [0.1, 0.15) is 0 Å². The van der Waals surface area contributed by atoms with Crippen LogP contribution in [-0.4, -0.2) is 21.9 Å². The lowest BCUT2D eigenvalue weighted by Gasteiger charge is -2.19. The fourth-order valence-electron chi connectivity index (χ4n) is 3.16. The Morgan fingerprint density at radius 3 is 2.57 bits per heavy atom. The van der Waals surface area contributed by atoms with Crippen LogP contribution in [-0.2, 0) is 5.41 Å². The quantitative estimate of drug-likeness (QED) is 0.502. The summed E-state index contributed by atoms with van der Waals surface area (Å²) < 4.78 is 1.59. The van der Waals surface area contributed by atoms with Crippen molar-refractivity contribution in [2.45, 2.75) is 26.2 Å². The number of hydrogen-bond acceptors (Lipinski definition) is 5. The molecule has 0 unspecified atom stereocenters. The van der Waals surface area contributed by atoms with Crippen LogP contribution in [0.4, 0.5) is 5.69 Å². The molecule has 0 aliphatic carbocycles. The molecule has 2 aromatic carbocycles. The van der Waals surface area contributed by atoms with Crippen LogP contribution in [0, 0.1) is 3.95 Å². The van der Waals surface area contributed by atoms with Gasteiger partial charge in [0.2, 0.25) is 5.88 Å². The third-order valence-electron chi connectivity index (χ3n) is 4.88. The van der Waals surface area contributed by atoms with Crippen LogP contribution in [0.2, 0.25) is 0 Å². The Morgan fingerprint density at radius 2 is 1.87 bits per heavy atom. The first kappa shape index (κ1) is 20.3. The summed E-state index contributed by atoms with van der Waals surface area (Å²) in [7, 11) is 0. The minimum Gasteiger partial charge on any atom is -0.492 e. The monoisotopic (exact) mass is 435 g/mol. The number of fused-ring (bicyclic) bond motifs is 1. The zero-order valence-corrected chi connectivity index (χ0v) is 18.5. The molecule has 2 N–H and O–H groups in total. The Bertz CT molecular complexity index is 1240. The number of allylic oxidation sites excluding steroid dienone is 1. The Labute approximate surface area is 184 Å². The van der Waals surface area contributed by atoms with Crippen molar-refractivity contribution in [3.05, 3.63) is 74.1 Å². The standard InChI is InChI=1S/C23H21N3O2S2/c1-23(2,3)16-10-8-14(9-11-16)20(27)25-26-21(28)19(30-22(26)29)12-15-13-24-18-7-5-4-6-17(15)18/h4-13,28H,1-3H3,(H,25,27). The highest BCUT2D eigenvalue weighted by Gasteiger charge is 2.18. The zero-order valence-electron chi connectivity index (χ0n) is 16.8. The van der Waals surface area contributed by atoms with Crippen molar-refractivity contribution in [3.8, 4) is 5.88 Å². The Balaban J connectivity index is 1.59. The molecule has 3 aromatic rings. The van der Waals surface area contributed by atoms with E-state index in [9.17, 15) is 9.90 Å². The van der Waals surface area contributed by atoms with E-state index >= 15 is 0 Å². The number of carbonyl (C=O) groups excluding carboxylic acids is 1. The topological polar surface area (TPSA) is 66.6 Å². The summed E-state index contributed by atoms with van der Waals surface area (Å²) in [6.45, 7) is 6.36. The smallest absolute Gasteiger partial charge is 0.270 e. The second-order valence-electron chi connectivity index (χ2n) is 8.03. The summed E-state index contributed by atoms with van der Waals surface area (Å²) >= 11 is 6.58. The van der Waals surface area contributed by atoms with Crippen molar-refractivity contribution in [1.82, 2.24) is 4.68 Å². The van der Waals surface area contributed by atoms with Gasteiger partial charge in [-0.3, -0.25) is 15.2 Å². The van der Waals surface area contributed by atoms with Crippen molar-refractivity contribution in [2.24, 2.45) is 4.99 Å². The van der Waals surface area contributed by atoms with E-state index < -0.39 is 0 Å². The lowest BCUT2D eigenvalue weighted by molar-refractivity contribution is 0.101. The number of thiazole rings is 1. The second-order valence-corrected chi connectivity index (χ2v) is 9.71. The van der Waals surface area contributed by atoms with Gasteiger partial charge in [-0.1, -0.05) is 62.4 Å². The molecule has 1 aliphatic rings. The average Bonchev–Trinajstić information content (AvgIpc) is 3.24. The molecule has 1 amide bonds. The predicted octanol–water partition coefficient (Wildman–Crippen LogP) is 5.92. The minimum absolute atomic E-state index is 0.00767. The fraction of sp³-hybridized carbons (Fsp3) is 0.174. The van der Waals surface area contributed by atoms with Gasteiger partial charge in [-0.05, 0) is 47.5 Å². The lowest BCUT2D eigenvalue weighted by Crippen LogP contribution is -2.22. The lowest BCUT2D eigenvalue weighted by atomic mass is 9.87. The van der Waals surface area contributed by atoms with Crippen LogP contribution < -0.4 is 5.43 Å². The molecule has 1 aliphatic heterocycles. The molecule has 7 heteroatoms. The molecule has 0 saturated heterocycles. The molecule has 30 heavy (non-hydrogen) atoms. The summed E-state index contributed by atoms with van der Waals surface area (Å²) in [5.74, 6) is -0.443. The van der Waals surface area contributed by atoms with Crippen molar-refractivity contribution in [3.63, 3.8) is 0 Å². The van der Waals surface area contributed by atoms with Crippen LogP contribution >= 0.6 is 23.6 Å². The van der Waals surface area contributed by atoms with E-state index in [4.69, 9.17) is 12.2 Å². The molecular formula is C23H21N3O2S2. The number of aromatic hydroxyl groups is 1. The largest absolute Gasteiger partial charge is 0.492 e. The Kier molecular flexibility index (Phi) is 5.17. The molecule has 152 valence electrons. The molecular weight excluding hydrogens is 414 g/mol. The number of rotatable bonds is 3. The number of nitrogens with one attached hydrogen (secondary N) is 1. The van der Waals surface area contributed by atoms with Crippen LogP contribution in [0.25, 0.3) is 11.6 Å². The van der Waals surface area contributed by atoms with E-state index in [1.54, 1.807) is 18.3 Å². The van der Waals surface area contributed by atoms with Crippen molar-refractivity contribution in [2.75, 3.05) is 5.43 Å². The van der Waals surface area contributed by atoms with E-state index in [1.165, 1.54) is 16.0 Å². The molecule has 0 atom stereocenters. The maximum Gasteiger partial charge on any atom is 0.270 e. The number of hydrogen-bond donors (Lipinski definition) is 2. The number of benzene rings is 2. The molecule has 1 aromatic heterocycles. The van der Waals surface area contributed by atoms with Crippen LogP contribution in [0.1, 0.15) is 47.1 Å². The summed E-state index contributed by atoms with van der Waals surface area (Å²) in [6, 6.07) is 15.2. The highest BCUT2D eigenvalue weighted by Crippen LogP contribution is 2.35. The van der Waals surface area contributed by atoms with E-state index in [-0.39, 0.29) is 17.2 Å². The molecule has 2 heterocycles. The van der Waals surface area contributed by atoms with Gasteiger partial charge in [0.15, 0.2) is 3.95 Å². The first-order chi connectivity index (χ1) is 14.2. The summed E-state index contributed by atoms with van der Waals surface area (Å²) in [4.78, 5) is 17.6. The van der Waals surface area contributed by atoms with E-state index in [1.807, 2.05) is 42.5 Å². The minimum atomic E-state index is -0.341. The molecule has 5 nitrogen and oxygen atoms in total. The summed E-state index contributed by atoms with van der Waals surface area (Å²) in [6.07, 6.45) is 3.58. The normalized spacial score (nSPS) is 14.2. The van der Waals surface area contributed by atoms with Crippen LogP contribution in [0.3, 0.4) is 0 Å². The van der Waals surface area contributed by atoms with Gasteiger partial charge in [-0.25, -0.2) is 0 Å². The summed E-state index contributed by atoms with van der Waals surface area (Å²) in [5.41, 5.74) is 7.09. The van der Waals surface area contributed by atoms with Crippen LogP contribution in [0.15, 0.2) is 53.5 Å². The zero-order chi connectivity index (χ0) is 21.5. The first-order valence-electron chi connectivity index (χ1n) is 9.46. The third-order valence-corrected chi connectivity index (χ3v) is 6.19. The molecule has 4 rings (SSSR count). The maximum atomic E-state index is 12.7. The van der Waals surface area contributed by atoms with Crippen molar-refractivity contribution >= 4 is 53.0 Å². The second kappa shape index (κ2) is 7.66. The third kappa shape index (κ3) is 3.86. The van der Waals surface area contributed by atoms with E-state index in [2.05, 4.69) is 31.2 Å². The highest BCUT2D eigenvalue weighted by molar-refractivity contribution is 7.73. The van der Waals surface area contributed by atoms with Gasteiger partial charge in [0.05, 0.1) is 10.6 Å².